The first-order valence-corrected chi connectivity index (χ1v) is 19.5. The Balaban J connectivity index is 1.26. The van der Waals surface area contributed by atoms with Crippen molar-refractivity contribution >= 4 is 28.0 Å². The quantitative estimate of drug-likeness (QED) is 0.0657. The number of hydrogen-bond donors (Lipinski definition) is 0. The molecule has 1 heterocycles. The maximum atomic E-state index is 12.9. The summed E-state index contributed by atoms with van der Waals surface area (Å²) in [4.78, 5) is 15.1. The molecule has 0 atom stereocenters. The van der Waals surface area contributed by atoms with E-state index in [1.807, 2.05) is 32.0 Å². The highest BCUT2D eigenvalue weighted by molar-refractivity contribution is 5.87. The van der Waals surface area contributed by atoms with E-state index in [0.29, 0.717) is 11.1 Å². The van der Waals surface area contributed by atoms with Crippen molar-refractivity contribution in [3.63, 3.8) is 0 Å². The van der Waals surface area contributed by atoms with Gasteiger partial charge in [-0.3, -0.25) is 0 Å². The van der Waals surface area contributed by atoms with E-state index in [4.69, 9.17) is 13.9 Å². The van der Waals surface area contributed by atoms with Gasteiger partial charge in [-0.2, -0.15) is 0 Å². The van der Waals surface area contributed by atoms with Gasteiger partial charge in [-0.25, -0.2) is 4.79 Å². The molecule has 6 aromatic rings. The van der Waals surface area contributed by atoms with Crippen LogP contribution in [0, 0.1) is 0 Å². The summed E-state index contributed by atoms with van der Waals surface area (Å²) in [6, 6.07) is 41.9. The lowest BCUT2D eigenvalue weighted by Crippen LogP contribution is -2.11. The maximum absolute atomic E-state index is 12.9. The second-order valence-corrected chi connectivity index (χ2v) is 14.2. The standard InChI is InChI=1S/C48H53NO4/c1-5-7-9-11-31-51-44-27-18-38(19-28-44)36-13-22-41(23-14-36)49(43-26-17-40-33-46(35(3)4)48(50)53-47(40)34-43)42-24-15-37(16-25-42)39-20-29-45(30-21-39)52-32-12-10-8-6-2/h13-30,33-35H,5-12,31-32H2,1-4H3. The second kappa shape index (κ2) is 18.5. The van der Waals surface area contributed by atoms with Crippen LogP contribution in [0.5, 0.6) is 11.5 Å². The number of nitrogens with zero attached hydrogens (tertiary/aromatic N) is 1. The summed E-state index contributed by atoms with van der Waals surface area (Å²) in [6.45, 7) is 9.97. The Morgan fingerprint density at radius 1 is 0.528 bits per heavy atom. The Morgan fingerprint density at radius 3 is 1.40 bits per heavy atom. The monoisotopic (exact) mass is 707 g/mol. The fourth-order valence-electron chi connectivity index (χ4n) is 6.64. The fourth-order valence-corrected chi connectivity index (χ4v) is 6.64. The highest BCUT2D eigenvalue weighted by Gasteiger charge is 2.16. The minimum Gasteiger partial charge on any atom is -0.494 e. The van der Waals surface area contributed by atoms with E-state index in [1.165, 1.54) is 38.5 Å². The molecule has 6 rings (SSSR count). The molecule has 0 aliphatic heterocycles. The van der Waals surface area contributed by atoms with Gasteiger partial charge in [-0.1, -0.05) is 115 Å². The summed E-state index contributed by atoms with van der Waals surface area (Å²) in [6.07, 6.45) is 9.53. The molecule has 0 aliphatic carbocycles. The van der Waals surface area contributed by atoms with E-state index < -0.39 is 0 Å². The van der Waals surface area contributed by atoms with Gasteiger partial charge < -0.3 is 18.8 Å². The molecule has 0 N–H and O–H groups in total. The average molecular weight is 708 g/mol. The maximum Gasteiger partial charge on any atom is 0.339 e. The molecule has 0 aliphatic rings. The normalized spacial score (nSPS) is 11.3. The summed E-state index contributed by atoms with van der Waals surface area (Å²) >= 11 is 0. The van der Waals surface area contributed by atoms with Crippen LogP contribution >= 0.6 is 0 Å². The topological polar surface area (TPSA) is 51.9 Å². The fraction of sp³-hybridized carbons (Fsp3) is 0.312. The molecule has 0 spiro atoms. The molecular formula is C48H53NO4. The van der Waals surface area contributed by atoms with Crippen LogP contribution in [0.25, 0.3) is 33.2 Å². The first kappa shape index (κ1) is 37.5. The van der Waals surface area contributed by atoms with Gasteiger partial charge in [-0.15, -0.1) is 0 Å². The predicted octanol–water partition coefficient (Wildman–Crippen LogP) is 13.6. The lowest BCUT2D eigenvalue weighted by atomic mass is 10.0. The number of ether oxygens (including phenoxy) is 2. The van der Waals surface area contributed by atoms with E-state index in [0.717, 1.165) is 82.3 Å². The number of rotatable bonds is 18. The lowest BCUT2D eigenvalue weighted by molar-refractivity contribution is 0.305. The van der Waals surface area contributed by atoms with Crippen LogP contribution in [-0.2, 0) is 0 Å². The molecule has 0 fully saturated rings. The lowest BCUT2D eigenvalue weighted by Gasteiger charge is -2.26. The average Bonchev–Trinajstić information content (AvgIpc) is 3.18. The zero-order valence-corrected chi connectivity index (χ0v) is 31.8. The third-order valence-electron chi connectivity index (χ3n) is 9.79. The van der Waals surface area contributed by atoms with Gasteiger partial charge in [0.1, 0.15) is 17.1 Å². The first-order chi connectivity index (χ1) is 25.9. The number of unbranched alkanes of at least 4 members (excludes halogenated alkanes) is 6. The van der Waals surface area contributed by atoms with E-state index in [2.05, 4.69) is 122 Å². The third kappa shape index (κ3) is 9.78. The van der Waals surface area contributed by atoms with Crippen molar-refractivity contribution in [3.8, 4) is 33.8 Å². The molecule has 0 unspecified atom stereocenters. The van der Waals surface area contributed by atoms with Crippen LogP contribution < -0.4 is 20.0 Å². The Hall–Kier alpha value is -5.29. The first-order valence-electron chi connectivity index (χ1n) is 19.5. The zero-order chi connectivity index (χ0) is 37.0. The van der Waals surface area contributed by atoms with Crippen LogP contribution in [0.3, 0.4) is 0 Å². The van der Waals surface area contributed by atoms with Crippen LogP contribution in [0.15, 0.2) is 131 Å². The summed E-state index contributed by atoms with van der Waals surface area (Å²) in [7, 11) is 0. The molecular weight excluding hydrogens is 655 g/mol. The largest absolute Gasteiger partial charge is 0.494 e. The Bertz CT molecular complexity index is 1980. The van der Waals surface area contributed by atoms with Crippen molar-refractivity contribution in [2.75, 3.05) is 18.1 Å². The number of hydrogen-bond acceptors (Lipinski definition) is 5. The summed E-state index contributed by atoms with van der Waals surface area (Å²) in [5, 5.41) is 0.907. The molecule has 5 aromatic carbocycles. The van der Waals surface area contributed by atoms with E-state index >= 15 is 0 Å². The summed E-state index contributed by atoms with van der Waals surface area (Å²) in [5.74, 6) is 1.89. The summed E-state index contributed by atoms with van der Waals surface area (Å²) in [5.41, 5.74) is 8.37. The molecule has 0 amide bonds. The number of fused-ring (bicyclic) bond motifs is 1. The van der Waals surface area contributed by atoms with Gasteiger partial charge >= 0.3 is 5.63 Å². The van der Waals surface area contributed by atoms with Gasteiger partial charge in [0.15, 0.2) is 0 Å². The number of benzene rings is 5. The van der Waals surface area contributed by atoms with Crippen molar-refractivity contribution in [1.29, 1.82) is 0 Å². The van der Waals surface area contributed by atoms with Crippen LogP contribution in [-0.4, -0.2) is 13.2 Å². The minimum absolute atomic E-state index is 0.0856. The smallest absolute Gasteiger partial charge is 0.339 e. The van der Waals surface area contributed by atoms with Gasteiger partial charge in [0.25, 0.3) is 0 Å². The van der Waals surface area contributed by atoms with Crippen LogP contribution in [0.4, 0.5) is 17.1 Å². The molecule has 0 radical (unpaired) electrons. The van der Waals surface area contributed by atoms with Gasteiger partial charge in [0.05, 0.1) is 13.2 Å². The Labute approximate surface area is 315 Å². The van der Waals surface area contributed by atoms with Crippen molar-refractivity contribution in [1.82, 2.24) is 0 Å². The molecule has 0 saturated heterocycles. The van der Waals surface area contributed by atoms with Gasteiger partial charge in [0.2, 0.25) is 0 Å². The number of anilines is 3. The molecule has 53 heavy (non-hydrogen) atoms. The predicted molar refractivity (Wildman–Crippen MR) is 221 cm³/mol. The molecule has 1 aromatic heterocycles. The second-order valence-electron chi connectivity index (χ2n) is 14.2. The van der Waals surface area contributed by atoms with Gasteiger partial charge in [0, 0.05) is 34.1 Å². The minimum atomic E-state index is -0.286. The molecule has 0 bridgehead atoms. The highest BCUT2D eigenvalue weighted by Crippen LogP contribution is 2.38. The Kier molecular flexibility index (Phi) is 13.1. The Morgan fingerprint density at radius 2 is 0.962 bits per heavy atom. The van der Waals surface area contributed by atoms with E-state index in [9.17, 15) is 4.79 Å². The van der Waals surface area contributed by atoms with Crippen molar-refractivity contribution in [3.05, 3.63) is 137 Å². The molecule has 5 nitrogen and oxygen atoms in total. The van der Waals surface area contributed by atoms with Gasteiger partial charge in [-0.05, 0) is 108 Å². The highest BCUT2D eigenvalue weighted by atomic mass is 16.5. The summed E-state index contributed by atoms with van der Waals surface area (Å²) < 4.78 is 17.8. The molecule has 0 saturated carbocycles. The van der Waals surface area contributed by atoms with Crippen molar-refractivity contribution < 1.29 is 13.9 Å². The van der Waals surface area contributed by atoms with Crippen molar-refractivity contribution in [2.24, 2.45) is 0 Å². The van der Waals surface area contributed by atoms with E-state index in [-0.39, 0.29) is 11.5 Å². The van der Waals surface area contributed by atoms with Crippen molar-refractivity contribution in [2.45, 2.75) is 85.0 Å². The molecule has 274 valence electrons. The van der Waals surface area contributed by atoms with E-state index in [1.54, 1.807) is 0 Å². The van der Waals surface area contributed by atoms with Crippen LogP contribution in [0.2, 0.25) is 0 Å². The SMILES string of the molecule is CCCCCCOc1ccc(-c2ccc(N(c3ccc(-c4ccc(OCCCCCC)cc4)cc3)c3ccc4cc(C(C)C)c(=O)oc4c3)cc2)cc1. The van der Waals surface area contributed by atoms with Crippen LogP contribution in [0.1, 0.15) is 90.5 Å². The third-order valence-corrected chi connectivity index (χ3v) is 9.79. The zero-order valence-electron chi connectivity index (χ0n) is 31.8. The molecule has 5 heteroatoms.